The Bertz CT molecular complexity index is 908. The second-order valence-electron chi connectivity index (χ2n) is 8.20. The molecule has 1 aliphatic rings. The predicted molar refractivity (Wildman–Crippen MR) is 113 cm³/mol. The molecule has 3 rings (SSSR count). The van der Waals surface area contributed by atoms with Crippen LogP contribution in [0, 0.1) is 17.6 Å². The van der Waals surface area contributed by atoms with Gasteiger partial charge in [0.2, 0.25) is 5.91 Å². The first-order chi connectivity index (χ1) is 14.7. The summed E-state index contributed by atoms with van der Waals surface area (Å²) in [5.41, 5.74) is 0.557. The molecule has 1 aliphatic heterocycles. The first-order valence-corrected chi connectivity index (χ1v) is 10.3. The van der Waals surface area contributed by atoms with Crippen LogP contribution >= 0.6 is 0 Å². The molecule has 0 saturated carbocycles. The number of halogens is 2. The van der Waals surface area contributed by atoms with Crippen molar-refractivity contribution < 1.29 is 18.4 Å². The van der Waals surface area contributed by atoms with E-state index in [-0.39, 0.29) is 29.4 Å². The maximum absolute atomic E-state index is 13.4. The maximum atomic E-state index is 13.4. The monoisotopic (exact) mass is 431 g/mol. The first kappa shape index (κ1) is 22.6. The quantitative estimate of drug-likeness (QED) is 0.778. The average molecular weight is 431 g/mol. The number of amides is 3. The van der Waals surface area contributed by atoms with Crippen molar-refractivity contribution >= 4 is 17.8 Å². The Morgan fingerprint density at radius 1 is 1.13 bits per heavy atom. The highest BCUT2D eigenvalue weighted by molar-refractivity contribution is 5.88. The lowest BCUT2D eigenvalue weighted by Crippen LogP contribution is -2.48. The minimum atomic E-state index is -0.701. The van der Waals surface area contributed by atoms with E-state index in [9.17, 15) is 18.4 Å². The third-order valence-corrected chi connectivity index (χ3v) is 5.31. The Balaban J connectivity index is 1.55. The predicted octanol–water partition coefficient (Wildman–Crippen LogP) is 3.92. The molecule has 1 saturated heterocycles. The molecule has 1 aromatic heterocycles. The van der Waals surface area contributed by atoms with Crippen LogP contribution in [0.2, 0.25) is 0 Å². The SMILES string of the molecule is CC(C)CC(=O)N1CCC(N(C)C(=O)Nc2cnc(-c3cc(F)cc(F)c3)cn2)CC1. The number of hydrogen-bond donors (Lipinski definition) is 1. The third-order valence-electron chi connectivity index (χ3n) is 5.31. The second kappa shape index (κ2) is 9.80. The number of aromatic nitrogens is 2. The molecule has 1 N–H and O–H groups in total. The van der Waals surface area contributed by atoms with E-state index in [4.69, 9.17) is 0 Å². The number of benzene rings is 1. The van der Waals surface area contributed by atoms with Gasteiger partial charge in [-0.2, -0.15) is 0 Å². The molecule has 2 aromatic rings. The number of likely N-dealkylation sites (tertiary alicyclic amines) is 1. The highest BCUT2D eigenvalue weighted by Gasteiger charge is 2.27. The highest BCUT2D eigenvalue weighted by atomic mass is 19.1. The molecule has 1 aromatic carbocycles. The van der Waals surface area contributed by atoms with E-state index < -0.39 is 11.6 Å². The number of carbonyl (C=O) groups excluding carboxylic acids is 2. The Labute approximate surface area is 180 Å². The average Bonchev–Trinajstić information content (AvgIpc) is 2.72. The van der Waals surface area contributed by atoms with Gasteiger partial charge in [-0.05, 0) is 30.9 Å². The van der Waals surface area contributed by atoms with Gasteiger partial charge in [0.15, 0.2) is 5.82 Å². The summed E-state index contributed by atoms with van der Waals surface area (Å²) in [6, 6.07) is 2.80. The van der Waals surface area contributed by atoms with Gasteiger partial charge in [-0.15, -0.1) is 0 Å². The van der Waals surface area contributed by atoms with Crippen LogP contribution in [0.3, 0.4) is 0 Å². The zero-order chi connectivity index (χ0) is 22.5. The third kappa shape index (κ3) is 5.96. The summed E-state index contributed by atoms with van der Waals surface area (Å²) in [5, 5.41) is 2.69. The lowest BCUT2D eigenvalue weighted by atomic mass is 10.0. The van der Waals surface area contributed by atoms with Crippen molar-refractivity contribution in [3.8, 4) is 11.3 Å². The van der Waals surface area contributed by atoms with Gasteiger partial charge in [0.1, 0.15) is 11.6 Å². The summed E-state index contributed by atoms with van der Waals surface area (Å²) in [6.45, 7) is 5.31. The molecular formula is C22H27F2N5O2. The zero-order valence-corrected chi connectivity index (χ0v) is 17.9. The van der Waals surface area contributed by atoms with Gasteiger partial charge in [-0.25, -0.2) is 18.6 Å². The van der Waals surface area contributed by atoms with Gasteiger partial charge in [0, 0.05) is 44.2 Å². The van der Waals surface area contributed by atoms with Gasteiger partial charge in [-0.3, -0.25) is 15.1 Å². The van der Waals surface area contributed by atoms with Crippen molar-refractivity contribution in [3.05, 3.63) is 42.2 Å². The first-order valence-electron chi connectivity index (χ1n) is 10.3. The number of nitrogens with zero attached hydrogens (tertiary/aromatic N) is 4. The highest BCUT2D eigenvalue weighted by Crippen LogP contribution is 2.21. The molecule has 0 spiro atoms. The number of piperidine rings is 1. The zero-order valence-electron chi connectivity index (χ0n) is 17.9. The van der Waals surface area contributed by atoms with Crippen LogP contribution in [-0.2, 0) is 4.79 Å². The van der Waals surface area contributed by atoms with Crippen LogP contribution in [-0.4, -0.2) is 57.9 Å². The van der Waals surface area contributed by atoms with Crippen LogP contribution in [0.5, 0.6) is 0 Å². The van der Waals surface area contributed by atoms with E-state index >= 15 is 0 Å². The van der Waals surface area contributed by atoms with E-state index in [1.807, 2.05) is 18.7 Å². The lowest BCUT2D eigenvalue weighted by Gasteiger charge is -2.36. The van der Waals surface area contributed by atoms with Gasteiger partial charge < -0.3 is 9.80 Å². The fourth-order valence-electron chi connectivity index (χ4n) is 3.59. The van der Waals surface area contributed by atoms with E-state index in [2.05, 4.69) is 15.3 Å². The molecule has 166 valence electrons. The molecule has 7 nitrogen and oxygen atoms in total. The molecule has 0 unspecified atom stereocenters. The summed E-state index contributed by atoms with van der Waals surface area (Å²) >= 11 is 0. The van der Waals surface area contributed by atoms with Crippen molar-refractivity contribution in [1.82, 2.24) is 19.8 Å². The van der Waals surface area contributed by atoms with E-state index in [1.54, 1.807) is 11.9 Å². The van der Waals surface area contributed by atoms with Crippen LogP contribution in [0.25, 0.3) is 11.3 Å². The lowest BCUT2D eigenvalue weighted by molar-refractivity contribution is -0.133. The Hall–Kier alpha value is -3.10. The number of anilines is 1. The number of carbonyl (C=O) groups is 2. The molecule has 9 heteroatoms. The minimum absolute atomic E-state index is 0.0191. The van der Waals surface area contributed by atoms with Crippen molar-refractivity contribution in [1.29, 1.82) is 0 Å². The van der Waals surface area contributed by atoms with Crippen LogP contribution in [0.15, 0.2) is 30.6 Å². The Kier molecular flexibility index (Phi) is 7.14. The Morgan fingerprint density at radius 3 is 2.32 bits per heavy atom. The van der Waals surface area contributed by atoms with Crippen molar-refractivity contribution in [2.24, 2.45) is 5.92 Å². The molecule has 0 radical (unpaired) electrons. The summed E-state index contributed by atoms with van der Waals surface area (Å²) in [5.74, 6) is -0.678. The van der Waals surface area contributed by atoms with E-state index in [0.29, 0.717) is 44.0 Å². The van der Waals surface area contributed by atoms with Crippen molar-refractivity contribution in [2.75, 3.05) is 25.5 Å². The fourth-order valence-corrected chi connectivity index (χ4v) is 3.59. The maximum Gasteiger partial charge on any atom is 0.323 e. The minimum Gasteiger partial charge on any atom is -0.343 e. The van der Waals surface area contributed by atoms with Gasteiger partial charge in [-0.1, -0.05) is 13.8 Å². The van der Waals surface area contributed by atoms with Crippen LogP contribution < -0.4 is 5.32 Å². The smallest absolute Gasteiger partial charge is 0.323 e. The largest absolute Gasteiger partial charge is 0.343 e. The van der Waals surface area contributed by atoms with Gasteiger partial charge >= 0.3 is 6.03 Å². The van der Waals surface area contributed by atoms with Gasteiger partial charge in [0.05, 0.1) is 18.1 Å². The molecule has 3 amide bonds. The molecule has 0 bridgehead atoms. The molecule has 0 aliphatic carbocycles. The summed E-state index contributed by atoms with van der Waals surface area (Å²) in [4.78, 5) is 36.5. The van der Waals surface area contributed by atoms with Crippen molar-refractivity contribution in [3.63, 3.8) is 0 Å². The summed E-state index contributed by atoms with van der Waals surface area (Å²) in [7, 11) is 1.71. The van der Waals surface area contributed by atoms with E-state index in [0.717, 1.165) is 18.2 Å². The summed E-state index contributed by atoms with van der Waals surface area (Å²) < 4.78 is 26.8. The van der Waals surface area contributed by atoms with E-state index in [1.165, 1.54) is 12.4 Å². The molecular weight excluding hydrogens is 404 g/mol. The molecule has 1 fully saturated rings. The summed E-state index contributed by atoms with van der Waals surface area (Å²) in [6.07, 6.45) is 4.66. The number of hydrogen-bond acceptors (Lipinski definition) is 4. The number of rotatable bonds is 5. The van der Waals surface area contributed by atoms with Crippen LogP contribution in [0.4, 0.5) is 19.4 Å². The molecule has 31 heavy (non-hydrogen) atoms. The van der Waals surface area contributed by atoms with Crippen LogP contribution in [0.1, 0.15) is 33.1 Å². The second-order valence-corrected chi connectivity index (χ2v) is 8.20. The topological polar surface area (TPSA) is 78.4 Å². The Morgan fingerprint density at radius 2 is 1.77 bits per heavy atom. The fraction of sp³-hybridized carbons (Fsp3) is 0.455. The number of urea groups is 1. The van der Waals surface area contributed by atoms with Crippen molar-refractivity contribution in [2.45, 2.75) is 39.2 Å². The number of nitrogens with one attached hydrogen (secondary N) is 1. The van der Waals surface area contributed by atoms with Gasteiger partial charge in [0.25, 0.3) is 0 Å². The normalized spacial score (nSPS) is 14.6. The standard InChI is InChI=1S/C22H27F2N5O2/c1-14(2)8-21(30)29-6-4-18(5-7-29)28(3)22(31)27-20-13-25-19(12-26-20)15-9-16(23)11-17(24)10-15/h9-14,18H,4-8H2,1-3H3,(H,26,27,31). The molecule has 0 atom stereocenters. The molecule has 2 heterocycles.